The molecule has 0 bridgehead atoms. The molecule has 0 radical (unpaired) electrons. The predicted molar refractivity (Wildman–Crippen MR) is 74.9 cm³/mol. The van der Waals surface area contributed by atoms with Crippen molar-refractivity contribution >= 4 is 23.2 Å². The molecular formula is C15H9ClF3NO2. The third kappa shape index (κ3) is 2.74. The van der Waals surface area contributed by atoms with Crippen LogP contribution in [0.5, 0.6) is 5.75 Å². The van der Waals surface area contributed by atoms with Crippen LogP contribution in [0.1, 0.15) is 17.2 Å². The summed E-state index contributed by atoms with van der Waals surface area (Å²) in [6.45, 7) is 0. The minimum Gasteiger partial charge on any atom is -0.474 e. The van der Waals surface area contributed by atoms with Gasteiger partial charge < -0.3 is 10.1 Å². The first kappa shape index (κ1) is 14.7. The van der Waals surface area contributed by atoms with E-state index in [0.717, 1.165) is 12.1 Å². The summed E-state index contributed by atoms with van der Waals surface area (Å²) in [5.74, 6) is -0.0772. The molecule has 114 valence electrons. The monoisotopic (exact) mass is 327 g/mol. The number of anilines is 1. The molecule has 7 heteroatoms. The molecular weight excluding hydrogens is 319 g/mol. The van der Waals surface area contributed by atoms with Gasteiger partial charge in [-0.05, 0) is 24.3 Å². The second-order valence-corrected chi connectivity index (χ2v) is 5.18. The molecule has 0 aromatic heterocycles. The van der Waals surface area contributed by atoms with Crippen LogP contribution in [0.4, 0.5) is 18.9 Å². The van der Waals surface area contributed by atoms with E-state index in [0.29, 0.717) is 22.0 Å². The average Bonchev–Trinajstić information content (AvgIpc) is 2.46. The van der Waals surface area contributed by atoms with Gasteiger partial charge in [-0.15, -0.1) is 0 Å². The van der Waals surface area contributed by atoms with E-state index >= 15 is 0 Å². The Hall–Kier alpha value is -2.21. The molecule has 1 atom stereocenters. The zero-order valence-corrected chi connectivity index (χ0v) is 11.7. The van der Waals surface area contributed by atoms with E-state index in [-0.39, 0.29) is 0 Å². The molecule has 2 aromatic carbocycles. The lowest BCUT2D eigenvalue weighted by molar-refractivity contribution is -0.137. The molecule has 1 amide bonds. The molecule has 1 aliphatic heterocycles. The SMILES string of the molecule is O=C1Nc2ccc(Cl)cc2O[C@@H]1c1ccc(C(F)(F)F)cc1. The quantitative estimate of drug-likeness (QED) is 0.841. The van der Waals surface area contributed by atoms with E-state index in [1.54, 1.807) is 12.1 Å². The van der Waals surface area contributed by atoms with Gasteiger partial charge in [0.1, 0.15) is 5.75 Å². The highest BCUT2D eigenvalue weighted by Crippen LogP contribution is 2.37. The number of amides is 1. The predicted octanol–water partition coefficient (Wildman–Crippen LogP) is 4.43. The zero-order chi connectivity index (χ0) is 15.9. The van der Waals surface area contributed by atoms with Crippen molar-refractivity contribution in [2.45, 2.75) is 12.3 Å². The Labute approximate surface area is 128 Å². The highest BCUT2D eigenvalue weighted by Gasteiger charge is 2.32. The highest BCUT2D eigenvalue weighted by atomic mass is 35.5. The van der Waals surface area contributed by atoms with E-state index in [2.05, 4.69) is 5.32 Å². The van der Waals surface area contributed by atoms with E-state index in [9.17, 15) is 18.0 Å². The maximum atomic E-state index is 12.6. The van der Waals surface area contributed by atoms with E-state index in [4.69, 9.17) is 16.3 Å². The van der Waals surface area contributed by atoms with Gasteiger partial charge in [0, 0.05) is 16.7 Å². The molecule has 1 heterocycles. The third-order valence-corrected chi connectivity index (χ3v) is 3.46. The van der Waals surface area contributed by atoms with Crippen molar-refractivity contribution in [1.82, 2.24) is 0 Å². The zero-order valence-electron chi connectivity index (χ0n) is 10.9. The number of hydrogen-bond acceptors (Lipinski definition) is 2. The second-order valence-electron chi connectivity index (χ2n) is 4.75. The van der Waals surface area contributed by atoms with Crippen molar-refractivity contribution in [1.29, 1.82) is 0 Å². The third-order valence-electron chi connectivity index (χ3n) is 3.23. The smallest absolute Gasteiger partial charge is 0.416 e. The number of benzene rings is 2. The van der Waals surface area contributed by atoms with Gasteiger partial charge in [-0.3, -0.25) is 4.79 Å². The molecule has 22 heavy (non-hydrogen) atoms. The average molecular weight is 328 g/mol. The summed E-state index contributed by atoms with van der Waals surface area (Å²) in [6, 6.07) is 9.01. The van der Waals surface area contributed by atoms with Gasteiger partial charge in [0.05, 0.1) is 11.3 Å². The molecule has 0 aliphatic carbocycles. The van der Waals surface area contributed by atoms with Crippen LogP contribution in [0.3, 0.4) is 0 Å². The number of hydrogen-bond donors (Lipinski definition) is 1. The Morgan fingerprint density at radius 3 is 2.41 bits per heavy atom. The topological polar surface area (TPSA) is 38.3 Å². The number of halogens is 4. The van der Waals surface area contributed by atoms with Crippen molar-refractivity contribution in [3.8, 4) is 5.75 Å². The molecule has 1 aliphatic rings. The lowest BCUT2D eigenvalue weighted by Gasteiger charge is -2.26. The van der Waals surface area contributed by atoms with Crippen LogP contribution in [-0.4, -0.2) is 5.91 Å². The highest BCUT2D eigenvalue weighted by molar-refractivity contribution is 6.30. The summed E-state index contributed by atoms with van der Waals surface area (Å²) >= 11 is 5.86. The van der Waals surface area contributed by atoms with Gasteiger partial charge in [-0.1, -0.05) is 23.7 Å². The fourth-order valence-corrected chi connectivity index (χ4v) is 2.30. The maximum Gasteiger partial charge on any atom is 0.416 e. The van der Waals surface area contributed by atoms with Gasteiger partial charge in [0.25, 0.3) is 5.91 Å². The van der Waals surface area contributed by atoms with Crippen molar-refractivity contribution < 1.29 is 22.7 Å². The summed E-state index contributed by atoms with van der Waals surface area (Å²) in [7, 11) is 0. The Bertz CT molecular complexity index is 729. The van der Waals surface area contributed by atoms with Crippen LogP contribution in [0.25, 0.3) is 0 Å². The van der Waals surface area contributed by atoms with Gasteiger partial charge in [-0.25, -0.2) is 0 Å². The number of rotatable bonds is 1. The van der Waals surface area contributed by atoms with Gasteiger partial charge in [0.2, 0.25) is 6.10 Å². The van der Waals surface area contributed by atoms with Crippen LogP contribution < -0.4 is 10.1 Å². The lowest BCUT2D eigenvalue weighted by atomic mass is 10.0. The first-order valence-electron chi connectivity index (χ1n) is 6.29. The van der Waals surface area contributed by atoms with Crippen LogP contribution >= 0.6 is 11.6 Å². The van der Waals surface area contributed by atoms with Gasteiger partial charge >= 0.3 is 6.18 Å². The first-order chi connectivity index (χ1) is 10.3. The summed E-state index contributed by atoms with van der Waals surface area (Å²) in [5.41, 5.74) is 0.0181. The Kier molecular flexibility index (Phi) is 3.48. The van der Waals surface area contributed by atoms with Crippen LogP contribution in [0, 0.1) is 0 Å². The van der Waals surface area contributed by atoms with E-state index < -0.39 is 23.8 Å². The fraction of sp³-hybridized carbons (Fsp3) is 0.133. The molecule has 0 saturated carbocycles. The lowest BCUT2D eigenvalue weighted by Crippen LogP contribution is -2.30. The molecule has 0 saturated heterocycles. The number of fused-ring (bicyclic) bond motifs is 1. The van der Waals surface area contributed by atoms with Crippen molar-refractivity contribution in [3.63, 3.8) is 0 Å². The molecule has 0 unspecified atom stereocenters. The van der Waals surface area contributed by atoms with Crippen LogP contribution in [0.15, 0.2) is 42.5 Å². The van der Waals surface area contributed by atoms with Crippen molar-refractivity contribution in [2.75, 3.05) is 5.32 Å². The van der Waals surface area contributed by atoms with E-state index in [1.807, 2.05) is 0 Å². The number of alkyl halides is 3. The molecule has 3 nitrogen and oxygen atoms in total. The summed E-state index contributed by atoms with van der Waals surface area (Å²) in [6.07, 6.45) is -5.44. The Balaban J connectivity index is 1.91. The molecule has 3 rings (SSSR count). The molecule has 1 N–H and O–H groups in total. The van der Waals surface area contributed by atoms with Crippen LogP contribution in [-0.2, 0) is 11.0 Å². The number of carbonyl (C=O) groups excluding carboxylic acids is 1. The minimum absolute atomic E-state index is 0.330. The Morgan fingerprint density at radius 1 is 1.09 bits per heavy atom. The maximum absolute atomic E-state index is 12.6. The Morgan fingerprint density at radius 2 is 1.77 bits per heavy atom. The fourth-order valence-electron chi connectivity index (χ4n) is 2.14. The van der Waals surface area contributed by atoms with Crippen molar-refractivity contribution in [2.24, 2.45) is 0 Å². The van der Waals surface area contributed by atoms with Crippen molar-refractivity contribution in [3.05, 3.63) is 58.6 Å². The van der Waals surface area contributed by atoms with Crippen LogP contribution in [0.2, 0.25) is 5.02 Å². The van der Waals surface area contributed by atoms with Gasteiger partial charge in [0.15, 0.2) is 0 Å². The summed E-state index contributed by atoms with van der Waals surface area (Å²) < 4.78 is 43.2. The largest absolute Gasteiger partial charge is 0.474 e. The first-order valence-corrected chi connectivity index (χ1v) is 6.66. The number of carbonyl (C=O) groups is 1. The second kappa shape index (κ2) is 5.21. The normalized spacial score (nSPS) is 17.5. The summed E-state index contributed by atoms with van der Waals surface area (Å²) in [4.78, 5) is 12.0. The van der Waals surface area contributed by atoms with Gasteiger partial charge in [-0.2, -0.15) is 13.2 Å². The molecule has 0 fully saturated rings. The van der Waals surface area contributed by atoms with E-state index in [1.165, 1.54) is 18.2 Å². The minimum atomic E-state index is -4.42. The molecule has 2 aromatic rings. The summed E-state index contributed by atoms with van der Waals surface area (Å²) in [5, 5.41) is 3.07. The molecule has 0 spiro atoms. The number of nitrogens with one attached hydrogen (secondary N) is 1. The number of ether oxygens (including phenoxy) is 1. The standard InChI is InChI=1S/C15H9ClF3NO2/c16-10-5-6-11-12(7-10)22-13(14(21)20-11)8-1-3-9(4-2-8)15(17,18)19/h1-7,13H,(H,20,21)/t13-/m1/s1.